The molecule has 1 fully saturated rings. The Morgan fingerprint density at radius 1 is 1.26 bits per heavy atom. The third-order valence-electron chi connectivity index (χ3n) is 3.68. The first-order valence-electron chi connectivity index (χ1n) is 6.85. The van der Waals surface area contributed by atoms with Gasteiger partial charge in [-0.3, -0.25) is 0 Å². The van der Waals surface area contributed by atoms with Crippen LogP contribution < -0.4 is 5.73 Å². The summed E-state index contributed by atoms with van der Waals surface area (Å²) in [5.41, 5.74) is 6.33. The Morgan fingerprint density at radius 2 is 1.95 bits per heavy atom. The molecule has 0 aromatic heterocycles. The van der Waals surface area contributed by atoms with E-state index in [0.717, 1.165) is 31.6 Å². The molecule has 1 aromatic carbocycles. The van der Waals surface area contributed by atoms with E-state index < -0.39 is 5.54 Å². The average Bonchev–Trinajstić information content (AvgIpc) is 2.49. The van der Waals surface area contributed by atoms with Crippen LogP contribution in [0, 0.1) is 5.92 Å². The first kappa shape index (κ1) is 14.5. The number of aliphatic hydroxyl groups is 1. The van der Waals surface area contributed by atoms with Crippen molar-refractivity contribution in [1.29, 1.82) is 0 Å². The van der Waals surface area contributed by atoms with E-state index in [2.05, 4.69) is 0 Å². The Morgan fingerprint density at radius 3 is 2.58 bits per heavy atom. The summed E-state index contributed by atoms with van der Waals surface area (Å²) in [7, 11) is 0. The van der Waals surface area contributed by atoms with Crippen LogP contribution >= 0.6 is 0 Å². The Kier molecular flexibility index (Phi) is 5.34. The van der Waals surface area contributed by atoms with Gasteiger partial charge in [-0.2, -0.15) is 0 Å². The maximum absolute atomic E-state index is 9.55. The van der Waals surface area contributed by atoms with Crippen molar-refractivity contribution in [2.24, 2.45) is 11.7 Å². The van der Waals surface area contributed by atoms with Gasteiger partial charge in [-0.15, -0.1) is 0 Å². The van der Waals surface area contributed by atoms with Crippen molar-refractivity contribution in [2.75, 3.05) is 33.0 Å². The molecule has 1 heterocycles. The molecule has 0 aliphatic carbocycles. The number of hydrogen-bond donors (Lipinski definition) is 2. The molecular weight excluding hydrogens is 242 g/mol. The lowest BCUT2D eigenvalue weighted by molar-refractivity contribution is -0.00227. The first-order valence-corrected chi connectivity index (χ1v) is 6.85. The molecule has 0 amide bonds. The second-order valence-electron chi connectivity index (χ2n) is 5.25. The van der Waals surface area contributed by atoms with Crippen LogP contribution in [0.4, 0.5) is 0 Å². The zero-order chi connectivity index (χ0) is 13.6. The summed E-state index contributed by atoms with van der Waals surface area (Å²) in [4.78, 5) is 0. The zero-order valence-corrected chi connectivity index (χ0v) is 11.3. The molecule has 0 bridgehead atoms. The number of nitrogens with two attached hydrogens (primary N) is 1. The maximum atomic E-state index is 9.55. The van der Waals surface area contributed by atoms with Crippen molar-refractivity contribution in [3.63, 3.8) is 0 Å². The van der Waals surface area contributed by atoms with E-state index in [0.29, 0.717) is 19.1 Å². The van der Waals surface area contributed by atoms with Crippen molar-refractivity contribution >= 4 is 0 Å². The van der Waals surface area contributed by atoms with Crippen LogP contribution in [0.2, 0.25) is 0 Å². The monoisotopic (exact) mass is 265 g/mol. The minimum atomic E-state index is -0.813. The summed E-state index contributed by atoms with van der Waals surface area (Å²) in [6.45, 7) is 2.55. The second-order valence-corrected chi connectivity index (χ2v) is 5.25. The van der Waals surface area contributed by atoms with Gasteiger partial charge in [0.25, 0.3) is 0 Å². The van der Waals surface area contributed by atoms with Crippen LogP contribution in [0.25, 0.3) is 0 Å². The molecule has 4 heteroatoms. The average molecular weight is 265 g/mol. The SMILES string of the molecule is NC(CO)(COCC1CCOCC1)c1ccccc1. The van der Waals surface area contributed by atoms with E-state index in [4.69, 9.17) is 15.2 Å². The van der Waals surface area contributed by atoms with Gasteiger partial charge >= 0.3 is 0 Å². The minimum absolute atomic E-state index is 0.120. The zero-order valence-electron chi connectivity index (χ0n) is 11.3. The maximum Gasteiger partial charge on any atom is 0.0881 e. The fourth-order valence-electron chi connectivity index (χ4n) is 2.31. The minimum Gasteiger partial charge on any atom is -0.394 e. The Hall–Kier alpha value is -0.940. The second kappa shape index (κ2) is 7.01. The van der Waals surface area contributed by atoms with Gasteiger partial charge in [-0.05, 0) is 24.3 Å². The highest BCUT2D eigenvalue weighted by atomic mass is 16.5. The van der Waals surface area contributed by atoms with Gasteiger partial charge in [0.15, 0.2) is 0 Å². The van der Waals surface area contributed by atoms with Crippen molar-refractivity contribution in [3.05, 3.63) is 35.9 Å². The van der Waals surface area contributed by atoms with Gasteiger partial charge in [0.1, 0.15) is 0 Å². The largest absolute Gasteiger partial charge is 0.394 e. The highest BCUT2D eigenvalue weighted by molar-refractivity contribution is 5.24. The number of aliphatic hydroxyl groups excluding tert-OH is 1. The summed E-state index contributed by atoms with van der Waals surface area (Å²) in [5, 5.41) is 9.55. The van der Waals surface area contributed by atoms with Crippen molar-refractivity contribution in [2.45, 2.75) is 18.4 Å². The van der Waals surface area contributed by atoms with Gasteiger partial charge in [0.05, 0.1) is 18.8 Å². The molecule has 19 heavy (non-hydrogen) atoms. The summed E-state index contributed by atoms with van der Waals surface area (Å²) >= 11 is 0. The number of benzene rings is 1. The third-order valence-corrected chi connectivity index (χ3v) is 3.68. The van der Waals surface area contributed by atoms with Crippen LogP contribution in [-0.2, 0) is 15.0 Å². The number of hydrogen-bond acceptors (Lipinski definition) is 4. The van der Waals surface area contributed by atoms with Crippen LogP contribution in [-0.4, -0.2) is 38.1 Å². The van der Waals surface area contributed by atoms with Gasteiger partial charge in [0.2, 0.25) is 0 Å². The smallest absolute Gasteiger partial charge is 0.0881 e. The Labute approximate surface area is 114 Å². The van der Waals surface area contributed by atoms with E-state index in [1.807, 2.05) is 30.3 Å². The van der Waals surface area contributed by atoms with Gasteiger partial charge in [-0.25, -0.2) is 0 Å². The van der Waals surface area contributed by atoms with E-state index in [1.165, 1.54) is 0 Å². The summed E-state index contributed by atoms with van der Waals surface area (Å²) in [6.07, 6.45) is 2.09. The summed E-state index contributed by atoms with van der Waals surface area (Å²) < 4.78 is 11.1. The predicted octanol–water partition coefficient (Wildman–Crippen LogP) is 1.28. The normalized spacial score (nSPS) is 20.1. The van der Waals surface area contributed by atoms with Crippen molar-refractivity contribution < 1.29 is 14.6 Å². The molecule has 0 saturated carbocycles. The molecular formula is C15H23NO3. The molecule has 1 aliphatic heterocycles. The molecule has 3 N–H and O–H groups in total. The molecule has 4 nitrogen and oxygen atoms in total. The summed E-state index contributed by atoms with van der Waals surface area (Å²) in [5.74, 6) is 0.549. The molecule has 1 aliphatic rings. The molecule has 0 spiro atoms. The first-order chi connectivity index (χ1) is 9.24. The lowest BCUT2D eigenvalue weighted by atomic mass is 9.93. The predicted molar refractivity (Wildman–Crippen MR) is 73.8 cm³/mol. The molecule has 2 rings (SSSR count). The van der Waals surface area contributed by atoms with Crippen LogP contribution in [0.3, 0.4) is 0 Å². The fourth-order valence-corrected chi connectivity index (χ4v) is 2.31. The third kappa shape index (κ3) is 4.01. The van der Waals surface area contributed by atoms with Crippen LogP contribution in [0.5, 0.6) is 0 Å². The van der Waals surface area contributed by atoms with Gasteiger partial charge in [-0.1, -0.05) is 30.3 Å². The highest BCUT2D eigenvalue weighted by Gasteiger charge is 2.27. The van der Waals surface area contributed by atoms with Crippen LogP contribution in [0.15, 0.2) is 30.3 Å². The quantitative estimate of drug-likeness (QED) is 0.813. The fraction of sp³-hybridized carbons (Fsp3) is 0.600. The van der Waals surface area contributed by atoms with E-state index >= 15 is 0 Å². The highest BCUT2D eigenvalue weighted by Crippen LogP contribution is 2.20. The molecule has 1 atom stereocenters. The topological polar surface area (TPSA) is 64.7 Å². The standard InChI is InChI=1S/C15H23NO3/c16-15(11-17,14-4-2-1-3-5-14)12-19-10-13-6-8-18-9-7-13/h1-5,13,17H,6-12,16H2. The molecule has 106 valence electrons. The molecule has 1 unspecified atom stereocenters. The van der Waals surface area contributed by atoms with E-state index in [9.17, 15) is 5.11 Å². The molecule has 1 saturated heterocycles. The van der Waals surface area contributed by atoms with Gasteiger partial charge < -0.3 is 20.3 Å². The lowest BCUT2D eigenvalue weighted by Gasteiger charge is -2.29. The van der Waals surface area contributed by atoms with Crippen molar-refractivity contribution in [3.8, 4) is 0 Å². The van der Waals surface area contributed by atoms with Gasteiger partial charge in [0, 0.05) is 19.8 Å². The molecule has 1 aromatic rings. The molecule has 0 radical (unpaired) electrons. The Bertz CT molecular complexity index is 365. The van der Waals surface area contributed by atoms with Crippen molar-refractivity contribution in [1.82, 2.24) is 0 Å². The Balaban J connectivity index is 1.85. The lowest BCUT2D eigenvalue weighted by Crippen LogP contribution is -2.45. The van der Waals surface area contributed by atoms with E-state index in [1.54, 1.807) is 0 Å². The number of ether oxygens (including phenoxy) is 2. The number of rotatable bonds is 6. The van der Waals surface area contributed by atoms with E-state index in [-0.39, 0.29) is 6.61 Å². The van der Waals surface area contributed by atoms with Crippen LogP contribution in [0.1, 0.15) is 18.4 Å². The summed E-state index contributed by atoms with van der Waals surface area (Å²) in [6, 6.07) is 9.63.